The summed E-state index contributed by atoms with van der Waals surface area (Å²) in [6.45, 7) is 0. The first-order chi connectivity index (χ1) is 8.28. The largest absolute Gasteiger partial charge is 0.317 e. The van der Waals surface area contributed by atoms with Gasteiger partial charge in [-0.15, -0.1) is 11.3 Å². The zero-order valence-corrected chi connectivity index (χ0v) is 13.5. The molecule has 0 aliphatic carbocycles. The van der Waals surface area contributed by atoms with Crippen molar-refractivity contribution in [3.05, 3.63) is 20.8 Å². The molecule has 4 heteroatoms. The molecule has 1 unspecified atom stereocenters. The van der Waals surface area contributed by atoms with Crippen LogP contribution in [0.1, 0.15) is 24.1 Å². The van der Waals surface area contributed by atoms with Crippen LogP contribution in [0.15, 0.2) is 15.9 Å². The molecule has 1 aliphatic heterocycles. The van der Waals surface area contributed by atoms with E-state index in [0.717, 1.165) is 5.92 Å². The van der Waals surface area contributed by atoms with Gasteiger partial charge >= 0.3 is 0 Å². The highest BCUT2D eigenvalue weighted by molar-refractivity contribution is 9.10. The SMILES string of the molecule is CNC(Cc1cc(Br)cs1)CC1CCSCC1. The van der Waals surface area contributed by atoms with Crippen LogP contribution in [0.3, 0.4) is 0 Å². The van der Waals surface area contributed by atoms with Gasteiger partial charge in [-0.05, 0) is 72.2 Å². The second kappa shape index (κ2) is 7.17. The fourth-order valence-corrected chi connectivity index (χ4v) is 5.13. The summed E-state index contributed by atoms with van der Waals surface area (Å²) >= 11 is 7.51. The molecule has 1 nitrogen and oxygen atoms in total. The number of nitrogens with one attached hydrogen (secondary N) is 1. The van der Waals surface area contributed by atoms with E-state index < -0.39 is 0 Å². The van der Waals surface area contributed by atoms with Crippen molar-refractivity contribution in [2.75, 3.05) is 18.6 Å². The molecule has 1 atom stereocenters. The third kappa shape index (κ3) is 4.58. The Morgan fingerprint density at radius 2 is 2.24 bits per heavy atom. The lowest BCUT2D eigenvalue weighted by Crippen LogP contribution is -2.30. The molecule has 0 saturated carbocycles. The number of halogens is 1. The molecule has 0 bridgehead atoms. The number of hydrogen-bond acceptors (Lipinski definition) is 3. The minimum absolute atomic E-state index is 0.647. The first-order valence-electron chi connectivity index (χ1n) is 6.26. The monoisotopic (exact) mass is 333 g/mol. The van der Waals surface area contributed by atoms with E-state index in [9.17, 15) is 0 Å². The smallest absolute Gasteiger partial charge is 0.0285 e. The van der Waals surface area contributed by atoms with Gasteiger partial charge in [0.25, 0.3) is 0 Å². The molecule has 1 N–H and O–H groups in total. The van der Waals surface area contributed by atoms with Crippen molar-refractivity contribution >= 4 is 39.0 Å². The molecule has 1 aromatic heterocycles. The van der Waals surface area contributed by atoms with Gasteiger partial charge in [-0.25, -0.2) is 0 Å². The average Bonchev–Trinajstić information content (AvgIpc) is 2.75. The van der Waals surface area contributed by atoms with Crippen molar-refractivity contribution in [3.8, 4) is 0 Å². The fourth-order valence-electron chi connectivity index (χ4n) is 2.39. The van der Waals surface area contributed by atoms with E-state index in [1.54, 1.807) is 0 Å². The van der Waals surface area contributed by atoms with Crippen LogP contribution in [0, 0.1) is 5.92 Å². The van der Waals surface area contributed by atoms with Crippen LogP contribution < -0.4 is 5.32 Å². The highest BCUT2D eigenvalue weighted by Crippen LogP contribution is 2.28. The van der Waals surface area contributed by atoms with Crippen molar-refractivity contribution in [2.24, 2.45) is 5.92 Å². The predicted octanol–water partition coefficient (Wildman–Crippen LogP) is 4.17. The van der Waals surface area contributed by atoms with Crippen molar-refractivity contribution < 1.29 is 0 Å². The van der Waals surface area contributed by atoms with Gasteiger partial charge in [0.2, 0.25) is 0 Å². The highest BCUT2D eigenvalue weighted by atomic mass is 79.9. The normalized spacial score (nSPS) is 19.4. The van der Waals surface area contributed by atoms with Gasteiger partial charge in [0.05, 0.1) is 0 Å². The predicted molar refractivity (Wildman–Crippen MR) is 83.2 cm³/mol. The molecule has 0 aromatic carbocycles. The topological polar surface area (TPSA) is 12.0 Å². The summed E-state index contributed by atoms with van der Waals surface area (Å²) in [7, 11) is 2.10. The highest BCUT2D eigenvalue weighted by Gasteiger charge is 2.18. The van der Waals surface area contributed by atoms with E-state index in [2.05, 4.69) is 51.5 Å². The second-order valence-electron chi connectivity index (χ2n) is 4.71. The Labute approximate surface area is 121 Å². The molecule has 2 rings (SSSR count). The van der Waals surface area contributed by atoms with E-state index in [4.69, 9.17) is 0 Å². The van der Waals surface area contributed by atoms with Crippen molar-refractivity contribution in [3.63, 3.8) is 0 Å². The lowest BCUT2D eigenvalue weighted by atomic mass is 9.92. The Morgan fingerprint density at radius 1 is 1.47 bits per heavy atom. The van der Waals surface area contributed by atoms with Gasteiger partial charge in [0, 0.05) is 20.8 Å². The summed E-state index contributed by atoms with van der Waals surface area (Å²) < 4.78 is 1.22. The van der Waals surface area contributed by atoms with Crippen LogP contribution in [0.4, 0.5) is 0 Å². The van der Waals surface area contributed by atoms with Crippen LogP contribution in [-0.2, 0) is 6.42 Å². The number of rotatable bonds is 5. The van der Waals surface area contributed by atoms with Crippen LogP contribution in [-0.4, -0.2) is 24.6 Å². The molecule has 0 spiro atoms. The van der Waals surface area contributed by atoms with E-state index in [0.29, 0.717) is 6.04 Å². The van der Waals surface area contributed by atoms with Gasteiger partial charge < -0.3 is 5.32 Å². The molecule has 1 aromatic rings. The summed E-state index contributed by atoms with van der Waals surface area (Å²) in [6, 6.07) is 2.90. The fraction of sp³-hybridized carbons (Fsp3) is 0.692. The Hall–Kier alpha value is 0.490. The Kier molecular flexibility index (Phi) is 5.87. The van der Waals surface area contributed by atoms with Crippen molar-refractivity contribution in [2.45, 2.75) is 31.7 Å². The third-order valence-corrected chi connectivity index (χ3v) is 6.21. The molecule has 0 radical (unpaired) electrons. The lowest BCUT2D eigenvalue weighted by Gasteiger charge is -2.26. The van der Waals surface area contributed by atoms with Gasteiger partial charge in [0.1, 0.15) is 0 Å². The van der Waals surface area contributed by atoms with Gasteiger partial charge in [0.15, 0.2) is 0 Å². The number of thiophene rings is 1. The van der Waals surface area contributed by atoms with Crippen LogP contribution in [0.5, 0.6) is 0 Å². The quantitative estimate of drug-likeness (QED) is 0.867. The van der Waals surface area contributed by atoms with Crippen LogP contribution in [0.25, 0.3) is 0 Å². The third-order valence-electron chi connectivity index (χ3n) is 3.44. The van der Waals surface area contributed by atoms with Gasteiger partial charge in [-0.1, -0.05) is 0 Å². The van der Waals surface area contributed by atoms with E-state index in [-0.39, 0.29) is 0 Å². The van der Waals surface area contributed by atoms with Crippen LogP contribution in [0.2, 0.25) is 0 Å². The molecule has 0 amide bonds. The first kappa shape index (κ1) is 13.9. The Morgan fingerprint density at radius 3 is 2.82 bits per heavy atom. The minimum Gasteiger partial charge on any atom is -0.317 e. The Bertz CT molecular complexity index is 334. The van der Waals surface area contributed by atoms with Gasteiger partial charge in [-0.3, -0.25) is 0 Å². The molecule has 96 valence electrons. The summed E-state index contributed by atoms with van der Waals surface area (Å²) in [5, 5.41) is 5.67. The minimum atomic E-state index is 0.647. The Balaban J connectivity index is 1.83. The zero-order valence-electron chi connectivity index (χ0n) is 10.2. The molecular weight excluding hydrogens is 314 g/mol. The van der Waals surface area contributed by atoms with E-state index >= 15 is 0 Å². The summed E-state index contributed by atoms with van der Waals surface area (Å²) in [5.74, 6) is 3.68. The summed E-state index contributed by atoms with van der Waals surface area (Å²) in [5.41, 5.74) is 0. The number of likely N-dealkylation sites (N-methyl/N-ethyl adjacent to an activating group) is 1. The molecule has 1 fully saturated rings. The van der Waals surface area contributed by atoms with Crippen molar-refractivity contribution in [1.82, 2.24) is 5.32 Å². The first-order valence-corrected chi connectivity index (χ1v) is 9.08. The maximum Gasteiger partial charge on any atom is 0.0285 e. The van der Waals surface area contributed by atoms with E-state index in [1.165, 1.54) is 46.5 Å². The molecular formula is C13H20BrNS2. The second-order valence-corrected chi connectivity index (χ2v) is 7.85. The molecule has 1 saturated heterocycles. The van der Waals surface area contributed by atoms with E-state index in [1.807, 2.05) is 11.3 Å². The summed E-state index contributed by atoms with van der Waals surface area (Å²) in [6.07, 6.45) is 5.34. The molecule has 2 heterocycles. The van der Waals surface area contributed by atoms with Crippen LogP contribution >= 0.6 is 39.0 Å². The standard InChI is InChI=1S/C13H20BrNS2/c1-15-12(6-10-2-4-16-5-3-10)8-13-7-11(14)9-17-13/h7,9-10,12,15H,2-6,8H2,1H3. The van der Waals surface area contributed by atoms with Gasteiger partial charge in [-0.2, -0.15) is 11.8 Å². The lowest BCUT2D eigenvalue weighted by molar-refractivity contribution is 0.377. The summed E-state index contributed by atoms with van der Waals surface area (Å²) in [4.78, 5) is 1.49. The zero-order chi connectivity index (χ0) is 12.1. The number of hydrogen-bond donors (Lipinski definition) is 1. The molecule has 1 aliphatic rings. The maximum absolute atomic E-state index is 3.53. The molecule has 17 heavy (non-hydrogen) atoms. The maximum atomic E-state index is 3.53. The van der Waals surface area contributed by atoms with Crippen molar-refractivity contribution in [1.29, 1.82) is 0 Å². The average molecular weight is 334 g/mol. The number of thioether (sulfide) groups is 1.